The van der Waals surface area contributed by atoms with E-state index >= 15 is 0 Å². The van der Waals surface area contributed by atoms with Gasteiger partial charge < -0.3 is 5.73 Å². The summed E-state index contributed by atoms with van der Waals surface area (Å²) in [5.41, 5.74) is 6.09. The van der Waals surface area contributed by atoms with Gasteiger partial charge in [-0.15, -0.1) is 11.3 Å². The number of nitriles is 3. The van der Waals surface area contributed by atoms with Crippen molar-refractivity contribution in [2.24, 2.45) is 17.1 Å². The fourth-order valence-corrected chi connectivity index (χ4v) is 5.28. The standard InChI is InChI=1S/C20H21N5S/c1-3-7-25-8-6-14-15(9-21)19(24)20(11-22,12-23)18(16(14)10-25)17-5-4-13(2)26-17/h4-6,16,18H,3,7-8,10,24H2,1-2H3/t16-,18+/m1/s1. The van der Waals surface area contributed by atoms with Gasteiger partial charge >= 0.3 is 0 Å². The summed E-state index contributed by atoms with van der Waals surface area (Å²) in [5.74, 6) is -0.450. The summed E-state index contributed by atoms with van der Waals surface area (Å²) in [4.78, 5) is 4.43. The molecule has 0 spiro atoms. The van der Waals surface area contributed by atoms with Crippen molar-refractivity contribution < 1.29 is 0 Å². The summed E-state index contributed by atoms with van der Waals surface area (Å²) in [6, 6.07) is 10.5. The molecule has 0 radical (unpaired) electrons. The van der Waals surface area contributed by atoms with Crippen LogP contribution in [0.4, 0.5) is 0 Å². The van der Waals surface area contributed by atoms with Gasteiger partial charge in [-0.25, -0.2) is 0 Å². The summed E-state index contributed by atoms with van der Waals surface area (Å²) >= 11 is 1.60. The Bertz CT molecular complexity index is 888. The predicted octanol–water partition coefficient (Wildman–Crippen LogP) is 3.19. The zero-order valence-electron chi connectivity index (χ0n) is 15.0. The fraction of sp³-hybridized carbons (Fsp3) is 0.450. The molecule has 26 heavy (non-hydrogen) atoms. The molecule has 0 unspecified atom stereocenters. The van der Waals surface area contributed by atoms with E-state index in [2.05, 4.69) is 36.1 Å². The molecule has 2 heterocycles. The molecule has 1 aromatic rings. The molecular formula is C20H21N5S. The Morgan fingerprint density at radius 2 is 2.04 bits per heavy atom. The van der Waals surface area contributed by atoms with Gasteiger partial charge in [-0.05, 0) is 37.6 Å². The monoisotopic (exact) mass is 363 g/mol. The maximum Gasteiger partial charge on any atom is 0.192 e. The lowest BCUT2D eigenvalue weighted by atomic mass is 9.59. The number of nitrogens with two attached hydrogens (primary N) is 1. The average Bonchev–Trinajstić information content (AvgIpc) is 3.07. The molecule has 0 bridgehead atoms. The first-order valence-corrected chi connectivity index (χ1v) is 9.56. The summed E-state index contributed by atoms with van der Waals surface area (Å²) in [7, 11) is 0. The SMILES string of the molecule is CCCN1CC=C2C(C#N)=C(N)C(C#N)(C#N)[C@H](c3ccc(C)s3)[C@@H]2C1. The Labute approximate surface area is 158 Å². The second kappa shape index (κ2) is 6.96. The number of allylic oxidation sites excluding steroid dienone is 2. The lowest BCUT2D eigenvalue weighted by Gasteiger charge is -2.45. The molecule has 1 aliphatic heterocycles. The van der Waals surface area contributed by atoms with Crippen molar-refractivity contribution in [1.29, 1.82) is 15.8 Å². The van der Waals surface area contributed by atoms with E-state index in [1.54, 1.807) is 11.3 Å². The molecule has 1 aliphatic carbocycles. The number of aryl methyl sites for hydroxylation is 1. The topological polar surface area (TPSA) is 101 Å². The highest BCUT2D eigenvalue weighted by Crippen LogP contribution is 2.55. The van der Waals surface area contributed by atoms with Crippen LogP contribution >= 0.6 is 11.3 Å². The molecule has 132 valence electrons. The molecule has 3 rings (SSSR count). The third-order valence-corrected chi connectivity index (χ3v) is 6.43. The first kappa shape index (κ1) is 18.2. The average molecular weight is 363 g/mol. The van der Waals surface area contributed by atoms with Crippen LogP contribution in [0, 0.1) is 52.2 Å². The van der Waals surface area contributed by atoms with Gasteiger partial charge in [0.15, 0.2) is 5.41 Å². The molecule has 1 aromatic heterocycles. The van der Waals surface area contributed by atoms with E-state index in [1.807, 2.05) is 19.1 Å². The summed E-state index contributed by atoms with van der Waals surface area (Å²) in [6.07, 6.45) is 3.09. The predicted molar refractivity (Wildman–Crippen MR) is 101 cm³/mol. The minimum absolute atomic E-state index is 0.0883. The van der Waals surface area contributed by atoms with Gasteiger partial charge in [-0.2, -0.15) is 15.8 Å². The quantitative estimate of drug-likeness (QED) is 0.889. The van der Waals surface area contributed by atoms with Crippen LogP contribution in [0.25, 0.3) is 0 Å². The van der Waals surface area contributed by atoms with Crippen molar-refractivity contribution in [3.63, 3.8) is 0 Å². The Hall–Kier alpha value is -2.59. The molecule has 0 amide bonds. The van der Waals surface area contributed by atoms with Gasteiger partial charge in [0.1, 0.15) is 6.07 Å². The van der Waals surface area contributed by atoms with E-state index in [-0.39, 0.29) is 17.5 Å². The van der Waals surface area contributed by atoms with E-state index in [0.717, 1.165) is 41.4 Å². The number of thiophene rings is 1. The van der Waals surface area contributed by atoms with Crippen LogP contribution in [0.5, 0.6) is 0 Å². The van der Waals surface area contributed by atoms with Gasteiger partial charge in [0, 0.05) is 34.7 Å². The molecule has 0 fully saturated rings. The molecular weight excluding hydrogens is 342 g/mol. The van der Waals surface area contributed by atoms with E-state index in [4.69, 9.17) is 5.73 Å². The molecule has 5 nitrogen and oxygen atoms in total. The highest BCUT2D eigenvalue weighted by molar-refractivity contribution is 7.12. The molecule has 2 N–H and O–H groups in total. The second-order valence-corrected chi connectivity index (χ2v) is 8.20. The van der Waals surface area contributed by atoms with E-state index in [1.165, 1.54) is 0 Å². The Morgan fingerprint density at radius 1 is 1.31 bits per heavy atom. The molecule has 2 atom stereocenters. The minimum Gasteiger partial charge on any atom is -0.399 e. The molecule has 6 heteroatoms. The molecule has 0 aromatic carbocycles. The number of hydrogen-bond acceptors (Lipinski definition) is 6. The van der Waals surface area contributed by atoms with Crippen molar-refractivity contribution in [3.8, 4) is 18.2 Å². The molecule has 2 aliphatic rings. The summed E-state index contributed by atoms with van der Waals surface area (Å²) < 4.78 is 0. The highest BCUT2D eigenvalue weighted by atomic mass is 32.1. The van der Waals surface area contributed by atoms with Gasteiger partial charge in [0.05, 0.1) is 23.4 Å². The third-order valence-electron chi connectivity index (χ3n) is 5.35. The first-order chi connectivity index (χ1) is 12.5. The van der Waals surface area contributed by atoms with Crippen LogP contribution < -0.4 is 5.73 Å². The van der Waals surface area contributed by atoms with Crippen molar-refractivity contribution in [3.05, 3.63) is 44.8 Å². The minimum atomic E-state index is -1.51. The smallest absolute Gasteiger partial charge is 0.192 e. The number of rotatable bonds is 3. The number of fused-ring (bicyclic) bond motifs is 1. The largest absolute Gasteiger partial charge is 0.399 e. The maximum absolute atomic E-state index is 10.00. The van der Waals surface area contributed by atoms with Crippen LogP contribution in [-0.2, 0) is 0 Å². The van der Waals surface area contributed by atoms with Crippen LogP contribution in [-0.4, -0.2) is 24.5 Å². The van der Waals surface area contributed by atoms with Crippen molar-refractivity contribution >= 4 is 11.3 Å². The van der Waals surface area contributed by atoms with Crippen LogP contribution in [0.1, 0.15) is 29.0 Å². The number of hydrogen-bond donors (Lipinski definition) is 1. The van der Waals surface area contributed by atoms with Crippen LogP contribution in [0.15, 0.2) is 35.1 Å². The van der Waals surface area contributed by atoms with Gasteiger partial charge in [0.25, 0.3) is 0 Å². The normalized spacial score (nSPS) is 24.8. The lowest BCUT2D eigenvalue weighted by Crippen LogP contribution is -2.47. The van der Waals surface area contributed by atoms with E-state index < -0.39 is 5.41 Å². The zero-order chi connectivity index (χ0) is 18.9. The third kappa shape index (κ3) is 2.61. The fourth-order valence-electron chi connectivity index (χ4n) is 4.16. The molecule has 0 saturated heterocycles. The Kier molecular flexibility index (Phi) is 4.88. The van der Waals surface area contributed by atoms with E-state index in [9.17, 15) is 15.8 Å². The second-order valence-electron chi connectivity index (χ2n) is 6.88. The van der Waals surface area contributed by atoms with Crippen LogP contribution in [0.2, 0.25) is 0 Å². The summed E-state index contributed by atoms with van der Waals surface area (Å²) in [6.45, 7) is 6.58. The maximum atomic E-state index is 10.00. The van der Waals surface area contributed by atoms with Crippen LogP contribution in [0.3, 0.4) is 0 Å². The van der Waals surface area contributed by atoms with Gasteiger partial charge in [0.2, 0.25) is 0 Å². The van der Waals surface area contributed by atoms with Crippen molar-refractivity contribution in [2.45, 2.75) is 26.2 Å². The Morgan fingerprint density at radius 3 is 2.58 bits per heavy atom. The van der Waals surface area contributed by atoms with Gasteiger partial charge in [-0.3, -0.25) is 4.90 Å². The van der Waals surface area contributed by atoms with Crippen molar-refractivity contribution in [1.82, 2.24) is 4.90 Å². The first-order valence-electron chi connectivity index (χ1n) is 8.74. The number of nitrogens with zero attached hydrogens (tertiary/aromatic N) is 4. The Balaban J connectivity index is 2.25. The highest BCUT2D eigenvalue weighted by Gasteiger charge is 2.54. The zero-order valence-corrected chi connectivity index (χ0v) is 15.8. The van der Waals surface area contributed by atoms with Crippen molar-refractivity contribution in [2.75, 3.05) is 19.6 Å². The molecule has 0 saturated carbocycles. The summed E-state index contributed by atoms with van der Waals surface area (Å²) in [5, 5.41) is 29.7. The lowest BCUT2D eigenvalue weighted by molar-refractivity contribution is 0.209. The van der Waals surface area contributed by atoms with Gasteiger partial charge in [-0.1, -0.05) is 13.0 Å². The van der Waals surface area contributed by atoms with E-state index in [0.29, 0.717) is 5.57 Å².